The minimum Gasteiger partial charge on any atom is -0.492 e. The van der Waals surface area contributed by atoms with Crippen LogP contribution in [0.5, 0.6) is 5.75 Å². The van der Waals surface area contributed by atoms with Crippen LogP contribution in [0.4, 0.5) is 0 Å². The van der Waals surface area contributed by atoms with Crippen molar-refractivity contribution in [3.63, 3.8) is 0 Å². The predicted molar refractivity (Wildman–Crippen MR) is 72.7 cm³/mol. The first-order valence-corrected chi connectivity index (χ1v) is 6.71. The molecule has 15 heavy (non-hydrogen) atoms. The molecule has 0 radical (unpaired) electrons. The van der Waals surface area contributed by atoms with Crippen LogP contribution in [0.2, 0.25) is 10.0 Å². The number of hydrogen-bond donors (Lipinski definition) is 1. The lowest BCUT2D eigenvalue weighted by molar-refractivity contribution is 0.310. The Balaban J connectivity index is 2.57. The zero-order valence-electron chi connectivity index (χ0n) is 7.97. The highest BCUT2D eigenvalue weighted by molar-refractivity contribution is 9.10. The molecule has 0 fully saturated rings. The van der Waals surface area contributed by atoms with Crippen LogP contribution < -0.4 is 4.74 Å². The lowest BCUT2D eigenvalue weighted by atomic mass is 10.3. The molecular weight excluding hydrogens is 319 g/mol. The number of hydrogen-bond acceptors (Lipinski definition) is 2. The fourth-order valence-electron chi connectivity index (χ4n) is 1.01. The maximum atomic E-state index is 5.99. The van der Waals surface area contributed by atoms with E-state index in [0.717, 1.165) is 23.1 Å². The minimum absolute atomic E-state index is 0.567. The van der Waals surface area contributed by atoms with Crippen LogP contribution in [0.25, 0.3) is 0 Å². The molecule has 0 bridgehead atoms. The van der Waals surface area contributed by atoms with E-state index < -0.39 is 0 Å². The topological polar surface area (TPSA) is 9.23 Å². The van der Waals surface area contributed by atoms with E-state index in [1.807, 2.05) is 0 Å². The summed E-state index contributed by atoms with van der Waals surface area (Å²) in [5, 5.41) is 1.17. The van der Waals surface area contributed by atoms with Crippen molar-refractivity contribution in [3.05, 3.63) is 26.7 Å². The van der Waals surface area contributed by atoms with Crippen LogP contribution >= 0.6 is 51.8 Å². The second-order valence-electron chi connectivity index (χ2n) is 2.98. The summed E-state index contributed by atoms with van der Waals surface area (Å²) in [6.07, 6.45) is 2.00. The van der Waals surface area contributed by atoms with Gasteiger partial charge in [-0.15, -0.1) is 0 Å². The predicted octanol–water partition coefficient (Wildman–Crippen LogP) is 4.84. The molecule has 0 aliphatic carbocycles. The van der Waals surface area contributed by atoms with Crippen molar-refractivity contribution in [2.45, 2.75) is 12.8 Å². The first-order chi connectivity index (χ1) is 7.15. The third-order valence-electron chi connectivity index (χ3n) is 1.78. The van der Waals surface area contributed by atoms with Gasteiger partial charge in [0.2, 0.25) is 0 Å². The SMILES string of the molecule is SCCCCOc1cc(Cl)c(Br)cc1Cl. The largest absolute Gasteiger partial charge is 0.492 e. The average Bonchev–Trinajstić information content (AvgIpc) is 2.20. The molecule has 5 heteroatoms. The minimum atomic E-state index is 0.567. The van der Waals surface area contributed by atoms with Gasteiger partial charge in [-0.3, -0.25) is 0 Å². The van der Waals surface area contributed by atoms with Gasteiger partial charge in [0.1, 0.15) is 5.75 Å². The molecule has 0 saturated carbocycles. The van der Waals surface area contributed by atoms with Crippen LogP contribution in [-0.4, -0.2) is 12.4 Å². The highest BCUT2D eigenvalue weighted by atomic mass is 79.9. The highest BCUT2D eigenvalue weighted by Gasteiger charge is 2.06. The van der Waals surface area contributed by atoms with Crippen LogP contribution in [0.3, 0.4) is 0 Å². The Hall–Kier alpha value is 0.430. The molecule has 84 valence electrons. The number of thiol groups is 1. The molecule has 0 heterocycles. The Labute approximate surface area is 114 Å². The molecule has 0 aliphatic rings. The zero-order valence-corrected chi connectivity index (χ0v) is 12.0. The second-order valence-corrected chi connectivity index (χ2v) is 5.09. The van der Waals surface area contributed by atoms with Gasteiger partial charge < -0.3 is 4.74 Å². The third kappa shape index (κ3) is 4.43. The lowest BCUT2D eigenvalue weighted by Crippen LogP contribution is -1.98. The molecule has 0 unspecified atom stereocenters. The van der Waals surface area contributed by atoms with E-state index in [-0.39, 0.29) is 0 Å². The van der Waals surface area contributed by atoms with Gasteiger partial charge in [-0.25, -0.2) is 0 Å². The summed E-state index contributed by atoms with van der Waals surface area (Å²) < 4.78 is 6.28. The molecule has 1 rings (SSSR count). The van der Waals surface area contributed by atoms with E-state index in [1.165, 1.54) is 0 Å². The normalized spacial score (nSPS) is 10.4. The van der Waals surface area contributed by atoms with Crippen LogP contribution in [0.15, 0.2) is 16.6 Å². The second kappa shape index (κ2) is 6.89. The maximum absolute atomic E-state index is 5.99. The van der Waals surface area contributed by atoms with E-state index >= 15 is 0 Å². The molecular formula is C10H11BrCl2OS. The van der Waals surface area contributed by atoms with E-state index in [9.17, 15) is 0 Å². The number of halogens is 3. The Morgan fingerprint density at radius 3 is 2.60 bits per heavy atom. The summed E-state index contributed by atoms with van der Waals surface area (Å²) in [4.78, 5) is 0. The molecule has 0 aliphatic heterocycles. The standard InChI is InChI=1S/C10H11BrCl2OS/c11-7-5-9(13)10(6-8(7)12)14-3-1-2-4-15/h5-6,15H,1-4H2. The third-order valence-corrected chi connectivity index (χ3v) is 3.59. The summed E-state index contributed by atoms with van der Waals surface area (Å²) in [7, 11) is 0. The smallest absolute Gasteiger partial charge is 0.139 e. The van der Waals surface area contributed by atoms with Crippen molar-refractivity contribution in [1.29, 1.82) is 0 Å². The summed E-state index contributed by atoms with van der Waals surface area (Å²) in [6.45, 7) is 0.637. The van der Waals surface area contributed by atoms with E-state index in [1.54, 1.807) is 12.1 Å². The maximum Gasteiger partial charge on any atom is 0.139 e. The molecule has 0 aromatic heterocycles. The summed E-state index contributed by atoms with van der Waals surface area (Å²) in [5.41, 5.74) is 0. The summed E-state index contributed by atoms with van der Waals surface area (Å²) in [6, 6.07) is 3.45. The van der Waals surface area contributed by atoms with Gasteiger partial charge in [0.15, 0.2) is 0 Å². The molecule has 0 spiro atoms. The van der Waals surface area contributed by atoms with Gasteiger partial charge in [-0.2, -0.15) is 12.6 Å². The fourth-order valence-corrected chi connectivity index (χ4v) is 2.08. The van der Waals surface area contributed by atoms with Crippen molar-refractivity contribution in [3.8, 4) is 5.75 Å². The Morgan fingerprint density at radius 1 is 1.20 bits per heavy atom. The van der Waals surface area contributed by atoms with Crippen molar-refractivity contribution in [2.24, 2.45) is 0 Å². The number of rotatable bonds is 5. The Bertz CT molecular complexity index is 333. The van der Waals surface area contributed by atoms with Crippen LogP contribution in [-0.2, 0) is 0 Å². The molecule has 1 aromatic rings. The van der Waals surface area contributed by atoms with Gasteiger partial charge in [-0.05, 0) is 40.6 Å². The number of ether oxygens (including phenoxy) is 1. The van der Waals surface area contributed by atoms with Gasteiger partial charge in [0.05, 0.1) is 16.7 Å². The number of unbranched alkanes of at least 4 members (excludes halogenated alkanes) is 1. The van der Waals surface area contributed by atoms with Crippen molar-refractivity contribution in [1.82, 2.24) is 0 Å². The van der Waals surface area contributed by atoms with E-state index in [0.29, 0.717) is 22.4 Å². The quantitative estimate of drug-likeness (QED) is 0.462. The molecule has 1 nitrogen and oxygen atoms in total. The van der Waals surface area contributed by atoms with Gasteiger partial charge in [-0.1, -0.05) is 23.2 Å². The highest BCUT2D eigenvalue weighted by Crippen LogP contribution is 2.34. The first kappa shape index (κ1) is 13.5. The van der Waals surface area contributed by atoms with Crippen molar-refractivity contribution >= 4 is 51.8 Å². The lowest BCUT2D eigenvalue weighted by Gasteiger charge is -2.08. The van der Waals surface area contributed by atoms with Crippen molar-refractivity contribution in [2.75, 3.05) is 12.4 Å². The van der Waals surface area contributed by atoms with Gasteiger partial charge in [0.25, 0.3) is 0 Å². The Morgan fingerprint density at radius 2 is 1.93 bits per heavy atom. The molecule has 0 saturated heterocycles. The first-order valence-electron chi connectivity index (χ1n) is 4.53. The van der Waals surface area contributed by atoms with E-state index in [4.69, 9.17) is 27.9 Å². The van der Waals surface area contributed by atoms with Crippen LogP contribution in [0.1, 0.15) is 12.8 Å². The van der Waals surface area contributed by atoms with Crippen molar-refractivity contribution < 1.29 is 4.74 Å². The summed E-state index contributed by atoms with van der Waals surface area (Å²) >= 11 is 19.3. The summed E-state index contributed by atoms with van der Waals surface area (Å²) in [5.74, 6) is 1.50. The molecule has 0 atom stereocenters. The number of benzene rings is 1. The molecule has 0 amide bonds. The monoisotopic (exact) mass is 328 g/mol. The molecule has 0 N–H and O–H groups in total. The molecule has 1 aromatic carbocycles. The van der Waals surface area contributed by atoms with Gasteiger partial charge >= 0.3 is 0 Å². The zero-order chi connectivity index (χ0) is 11.3. The Kier molecular flexibility index (Phi) is 6.20. The average molecular weight is 330 g/mol. The fraction of sp³-hybridized carbons (Fsp3) is 0.400. The van der Waals surface area contributed by atoms with Crippen LogP contribution in [0, 0.1) is 0 Å². The van der Waals surface area contributed by atoms with E-state index in [2.05, 4.69) is 28.6 Å². The van der Waals surface area contributed by atoms with Gasteiger partial charge in [0, 0.05) is 10.5 Å².